The maximum Gasteiger partial charge on any atom is 0.306 e. The number of aliphatic hydroxyl groups excluding tert-OH is 1. The molecule has 0 bridgehead atoms. The van der Waals surface area contributed by atoms with Crippen molar-refractivity contribution in [1.82, 2.24) is 0 Å². The second kappa shape index (κ2) is 24.0. The van der Waals surface area contributed by atoms with E-state index in [1.54, 1.807) is 18.2 Å². The predicted molar refractivity (Wildman–Crippen MR) is 154 cm³/mol. The lowest BCUT2D eigenvalue weighted by Crippen LogP contribution is -2.14. The summed E-state index contributed by atoms with van der Waals surface area (Å²) < 4.78 is 16.9. The lowest BCUT2D eigenvalue weighted by Gasteiger charge is -2.16. The van der Waals surface area contributed by atoms with Gasteiger partial charge >= 0.3 is 5.97 Å². The Morgan fingerprint density at radius 3 is 1.79 bits per heavy atom. The number of aliphatic hydroxyl groups is 1. The molecule has 0 aromatic heterocycles. The molecule has 218 valence electrons. The molecule has 0 radical (unpaired) electrons. The second-order valence-electron chi connectivity index (χ2n) is 10.4. The molecule has 0 unspecified atom stereocenters. The van der Waals surface area contributed by atoms with Gasteiger partial charge in [-0.2, -0.15) is 0 Å². The Bertz CT molecular complexity index is 704. The van der Waals surface area contributed by atoms with Crippen LogP contribution < -0.4 is 9.47 Å². The summed E-state index contributed by atoms with van der Waals surface area (Å²) in [4.78, 5) is 23.8. The molecule has 6 nitrogen and oxygen atoms in total. The fourth-order valence-electron chi connectivity index (χ4n) is 4.59. The van der Waals surface area contributed by atoms with Gasteiger partial charge in [-0.25, -0.2) is 0 Å². The average molecular weight is 535 g/mol. The molecular formula is C32H54O6. The molecule has 0 aliphatic heterocycles. The van der Waals surface area contributed by atoms with Crippen molar-refractivity contribution in [2.24, 2.45) is 5.92 Å². The summed E-state index contributed by atoms with van der Waals surface area (Å²) in [5.74, 6) is 1.39. The lowest BCUT2D eigenvalue weighted by molar-refractivity contribution is -0.145. The number of ether oxygens (including phenoxy) is 3. The summed E-state index contributed by atoms with van der Waals surface area (Å²) in [6.45, 7) is 5.61. The van der Waals surface area contributed by atoms with E-state index >= 15 is 0 Å². The van der Waals surface area contributed by atoms with Gasteiger partial charge < -0.3 is 19.3 Å². The molecule has 0 spiro atoms. The smallest absolute Gasteiger partial charge is 0.306 e. The quantitative estimate of drug-likeness (QED) is 0.0735. The van der Waals surface area contributed by atoms with E-state index in [0.29, 0.717) is 62.1 Å². The first-order valence-corrected chi connectivity index (χ1v) is 15.2. The minimum Gasteiger partial charge on any atom is -0.493 e. The van der Waals surface area contributed by atoms with E-state index < -0.39 is 0 Å². The number of aldehydes is 1. The number of esters is 1. The fraction of sp³-hybridized carbons (Fsp3) is 0.750. The van der Waals surface area contributed by atoms with E-state index in [-0.39, 0.29) is 12.6 Å². The normalized spacial score (nSPS) is 11.1. The minimum absolute atomic E-state index is 0.0499. The third-order valence-corrected chi connectivity index (χ3v) is 6.82. The summed E-state index contributed by atoms with van der Waals surface area (Å²) in [6.07, 6.45) is 20.0. The minimum atomic E-state index is -0.102. The Labute approximate surface area is 231 Å². The number of carbonyl (C=O) groups is 2. The molecule has 0 amide bonds. The molecule has 0 atom stereocenters. The number of hydrogen-bond acceptors (Lipinski definition) is 6. The Kier molecular flexibility index (Phi) is 21.4. The highest BCUT2D eigenvalue weighted by Crippen LogP contribution is 2.24. The Morgan fingerprint density at radius 1 is 0.737 bits per heavy atom. The van der Waals surface area contributed by atoms with E-state index in [0.717, 1.165) is 19.1 Å². The average Bonchev–Trinajstić information content (AvgIpc) is 2.92. The summed E-state index contributed by atoms with van der Waals surface area (Å²) in [5.41, 5.74) is 0.467. The number of hydrogen-bond donors (Lipinski definition) is 1. The van der Waals surface area contributed by atoms with Crippen molar-refractivity contribution in [1.29, 1.82) is 0 Å². The van der Waals surface area contributed by atoms with Gasteiger partial charge in [-0.1, -0.05) is 90.9 Å². The zero-order valence-electron chi connectivity index (χ0n) is 24.2. The van der Waals surface area contributed by atoms with Gasteiger partial charge in [0.25, 0.3) is 0 Å². The van der Waals surface area contributed by atoms with Crippen molar-refractivity contribution < 1.29 is 28.9 Å². The van der Waals surface area contributed by atoms with Gasteiger partial charge in [0.1, 0.15) is 17.8 Å². The molecule has 0 saturated carbocycles. The molecule has 0 aliphatic carbocycles. The summed E-state index contributed by atoms with van der Waals surface area (Å²) >= 11 is 0. The molecule has 1 aromatic carbocycles. The van der Waals surface area contributed by atoms with Crippen LogP contribution in [0.5, 0.6) is 11.5 Å². The zero-order chi connectivity index (χ0) is 27.7. The van der Waals surface area contributed by atoms with Crippen molar-refractivity contribution in [3.8, 4) is 11.5 Å². The standard InChI is InChI=1S/C32H54O6/c1-3-5-7-9-11-13-17-28(18-14-12-10-8-6-4-2)25-32(35)38-22-16-21-37-31-24-29(27-34)23-30(26-31)36-20-15-19-33/h23-24,26-28,33H,3-22,25H2,1-2H3. The maximum atomic E-state index is 12.6. The monoisotopic (exact) mass is 534 g/mol. The molecular weight excluding hydrogens is 480 g/mol. The van der Waals surface area contributed by atoms with Crippen LogP contribution in [0.15, 0.2) is 18.2 Å². The van der Waals surface area contributed by atoms with Crippen molar-refractivity contribution in [3.63, 3.8) is 0 Å². The van der Waals surface area contributed by atoms with E-state index in [9.17, 15) is 9.59 Å². The number of benzene rings is 1. The predicted octanol–water partition coefficient (Wildman–Crippen LogP) is 8.08. The SMILES string of the molecule is CCCCCCCCC(CCCCCCCC)CC(=O)OCCCOc1cc(C=O)cc(OCCCO)c1. The first kappa shape index (κ1) is 33.9. The molecule has 0 saturated heterocycles. The molecule has 0 fully saturated rings. The van der Waals surface area contributed by atoms with Crippen molar-refractivity contribution in [3.05, 3.63) is 23.8 Å². The van der Waals surface area contributed by atoms with E-state index in [1.165, 1.54) is 77.0 Å². The van der Waals surface area contributed by atoms with Crippen LogP contribution in [0.4, 0.5) is 0 Å². The van der Waals surface area contributed by atoms with Crippen LogP contribution in [0.3, 0.4) is 0 Å². The number of unbranched alkanes of at least 4 members (excludes halogenated alkanes) is 10. The van der Waals surface area contributed by atoms with Crippen LogP contribution in [-0.4, -0.2) is 43.8 Å². The number of carbonyl (C=O) groups excluding carboxylic acids is 2. The Hall–Kier alpha value is -2.08. The first-order valence-electron chi connectivity index (χ1n) is 15.2. The van der Waals surface area contributed by atoms with Gasteiger partial charge in [-0.3, -0.25) is 9.59 Å². The molecule has 0 heterocycles. The second-order valence-corrected chi connectivity index (χ2v) is 10.4. The summed E-state index contributed by atoms with van der Waals surface area (Å²) in [5, 5.41) is 8.91. The number of rotatable bonds is 26. The van der Waals surface area contributed by atoms with Crippen LogP contribution in [0.1, 0.15) is 133 Å². The maximum absolute atomic E-state index is 12.6. The van der Waals surface area contributed by atoms with Crippen LogP contribution in [-0.2, 0) is 9.53 Å². The Morgan fingerprint density at radius 2 is 1.26 bits per heavy atom. The van der Waals surface area contributed by atoms with Crippen LogP contribution >= 0.6 is 0 Å². The van der Waals surface area contributed by atoms with Crippen LogP contribution in [0, 0.1) is 5.92 Å². The van der Waals surface area contributed by atoms with Crippen molar-refractivity contribution in [2.75, 3.05) is 26.4 Å². The third-order valence-electron chi connectivity index (χ3n) is 6.82. The van der Waals surface area contributed by atoms with Crippen LogP contribution in [0.2, 0.25) is 0 Å². The molecule has 1 N–H and O–H groups in total. The van der Waals surface area contributed by atoms with Crippen molar-refractivity contribution >= 4 is 12.3 Å². The highest BCUT2D eigenvalue weighted by Gasteiger charge is 2.15. The zero-order valence-corrected chi connectivity index (χ0v) is 24.2. The highest BCUT2D eigenvalue weighted by molar-refractivity contribution is 5.76. The first-order chi connectivity index (χ1) is 18.6. The van der Waals surface area contributed by atoms with Gasteiger partial charge in [0.05, 0.1) is 19.8 Å². The van der Waals surface area contributed by atoms with Gasteiger partial charge in [0, 0.05) is 37.5 Å². The van der Waals surface area contributed by atoms with Gasteiger partial charge in [-0.15, -0.1) is 0 Å². The molecule has 1 aromatic rings. The largest absolute Gasteiger partial charge is 0.493 e. The molecule has 0 aliphatic rings. The van der Waals surface area contributed by atoms with E-state index in [4.69, 9.17) is 19.3 Å². The molecule has 1 rings (SSSR count). The van der Waals surface area contributed by atoms with E-state index in [1.807, 2.05) is 0 Å². The fourth-order valence-corrected chi connectivity index (χ4v) is 4.59. The van der Waals surface area contributed by atoms with Crippen molar-refractivity contribution in [2.45, 2.75) is 123 Å². The summed E-state index contributed by atoms with van der Waals surface area (Å²) in [7, 11) is 0. The third kappa shape index (κ3) is 18.2. The van der Waals surface area contributed by atoms with Gasteiger partial charge in [-0.05, 0) is 30.9 Å². The highest BCUT2D eigenvalue weighted by atomic mass is 16.5. The molecule has 38 heavy (non-hydrogen) atoms. The summed E-state index contributed by atoms with van der Waals surface area (Å²) in [6, 6.07) is 5.03. The van der Waals surface area contributed by atoms with Gasteiger partial charge in [0.15, 0.2) is 0 Å². The van der Waals surface area contributed by atoms with E-state index in [2.05, 4.69) is 13.8 Å². The molecule has 6 heteroatoms. The van der Waals surface area contributed by atoms with Crippen LogP contribution in [0.25, 0.3) is 0 Å². The Balaban J connectivity index is 2.37. The lowest BCUT2D eigenvalue weighted by atomic mass is 9.91. The topological polar surface area (TPSA) is 82.1 Å². The van der Waals surface area contributed by atoms with Gasteiger partial charge in [0.2, 0.25) is 0 Å².